The van der Waals surface area contributed by atoms with Crippen molar-refractivity contribution in [1.82, 2.24) is 14.8 Å². The molecule has 78 valence electrons. The van der Waals surface area contributed by atoms with E-state index in [1.807, 2.05) is 23.0 Å². The van der Waals surface area contributed by atoms with E-state index in [2.05, 4.69) is 30.1 Å². The van der Waals surface area contributed by atoms with Gasteiger partial charge in [0.15, 0.2) is 0 Å². The second-order valence-corrected chi connectivity index (χ2v) is 4.08. The Morgan fingerprint density at radius 3 is 2.60 bits per heavy atom. The summed E-state index contributed by atoms with van der Waals surface area (Å²) in [5.41, 5.74) is 2.32. The normalized spacial score (nSPS) is 10.9. The van der Waals surface area contributed by atoms with Crippen LogP contribution in [0.3, 0.4) is 0 Å². The maximum atomic E-state index is 4.33. The van der Waals surface area contributed by atoms with Gasteiger partial charge in [-0.25, -0.2) is 0 Å². The molecule has 0 saturated carbocycles. The van der Waals surface area contributed by atoms with E-state index in [1.165, 1.54) is 5.56 Å². The summed E-state index contributed by atoms with van der Waals surface area (Å²) in [6, 6.07) is 3.99. The van der Waals surface area contributed by atoms with Crippen LogP contribution in [-0.4, -0.2) is 14.8 Å². The van der Waals surface area contributed by atoms with Crippen molar-refractivity contribution >= 4 is 0 Å². The van der Waals surface area contributed by atoms with Crippen LogP contribution >= 0.6 is 0 Å². The molecule has 0 fully saturated rings. The van der Waals surface area contributed by atoms with E-state index in [9.17, 15) is 0 Å². The molecule has 3 nitrogen and oxygen atoms in total. The van der Waals surface area contributed by atoms with E-state index in [0.717, 1.165) is 12.1 Å². The molecule has 2 aromatic heterocycles. The first-order valence-electron chi connectivity index (χ1n) is 5.18. The molecule has 0 aliphatic rings. The number of nitrogens with zero attached hydrogens (tertiary/aromatic N) is 3. The highest BCUT2D eigenvalue weighted by Crippen LogP contribution is 2.17. The van der Waals surface area contributed by atoms with Gasteiger partial charge in [0.05, 0.1) is 6.20 Å². The second-order valence-electron chi connectivity index (χ2n) is 4.08. The van der Waals surface area contributed by atoms with Gasteiger partial charge >= 0.3 is 0 Å². The molecule has 0 aromatic carbocycles. The van der Waals surface area contributed by atoms with E-state index in [1.54, 1.807) is 12.4 Å². The van der Waals surface area contributed by atoms with Gasteiger partial charge in [-0.15, -0.1) is 0 Å². The number of hydrogen-bond acceptors (Lipinski definition) is 2. The molecule has 0 aliphatic heterocycles. The van der Waals surface area contributed by atoms with Gasteiger partial charge in [-0.05, 0) is 23.6 Å². The van der Waals surface area contributed by atoms with Gasteiger partial charge in [-0.2, -0.15) is 5.10 Å². The molecule has 15 heavy (non-hydrogen) atoms. The molecule has 0 spiro atoms. The molecule has 0 amide bonds. The van der Waals surface area contributed by atoms with E-state index in [0.29, 0.717) is 5.92 Å². The minimum atomic E-state index is 0.621. The summed E-state index contributed by atoms with van der Waals surface area (Å²) in [5, 5.41) is 4.33. The molecule has 0 unspecified atom stereocenters. The molecule has 0 aliphatic carbocycles. The van der Waals surface area contributed by atoms with Crippen LogP contribution in [0.15, 0.2) is 36.9 Å². The molecule has 2 rings (SSSR count). The van der Waals surface area contributed by atoms with Crippen molar-refractivity contribution in [2.75, 3.05) is 0 Å². The number of aromatic nitrogens is 3. The van der Waals surface area contributed by atoms with E-state index >= 15 is 0 Å². The van der Waals surface area contributed by atoms with Crippen molar-refractivity contribution in [3.05, 3.63) is 36.9 Å². The number of hydrogen-bond donors (Lipinski definition) is 0. The van der Waals surface area contributed by atoms with Crippen LogP contribution in [0.25, 0.3) is 11.1 Å². The number of rotatable bonds is 3. The summed E-state index contributed by atoms with van der Waals surface area (Å²) in [6.45, 7) is 5.34. The highest BCUT2D eigenvalue weighted by atomic mass is 15.3. The molecule has 3 heteroatoms. The maximum absolute atomic E-state index is 4.33. The van der Waals surface area contributed by atoms with Crippen LogP contribution in [0.5, 0.6) is 0 Å². The van der Waals surface area contributed by atoms with Crippen molar-refractivity contribution in [3.63, 3.8) is 0 Å². The van der Waals surface area contributed by atoms with Crippen LogP contribution in [-0.2, 0) is 6.54 Å². The summed E-state index contributed by atoms with van der Waals surface area (Å²) in [6.07, 6.45) is 7.58. The Kier molecular flexibility index (Phi) is 2.81. The summed E-state index contributed by atoms with van der Waals surface area (Å²) in [5.74, 6) is 0.621. The Labute approximate surface area is 89.8 Å². The van der Waals surface area contributed by atoms with Gasteiger partial charge in [0.25, 0.3) is 0 Å². The summed E-state index contributed by atoms with van der Waals surface area (Å²) >= 11 is 0. The van der Waals surface area contributed by atoms with Crippen molar-refractivity contribution in [2.24, 2.45) is 5.92 Å². The minimum Gasteiger partial charge on any atom is -0.272 e. The first kappa shape index (κ1) is 9.90. The third kappa shape index (κ3) is 2.43. The summed E-state index contributed by atoms with van der Waals surface area (Å²) in [7, 11) is 0. The molecule has 0 N–H and O–H groups in total. The third-order valence-corrected chi connectivity index (χ3v) is 2.20. The zero-order chi connectivity index (χ0) is 10.7. The summed E-state index contributed by atoms with van der Waals surface area (Å²) < 4.78 is 1.99. The topological polar surface area (TPSA) is 30.7 Å². The highest BCUT2D eigenvalue weighted by molar-refractivity contribution is 5.60. The Hall–Kier alpha value is -1.64. The lowest BCUT2D eigenvalue weighted by Gasteiger charge is -2.03. The fraction of sp³-hybridized carbons (Fsp3) is 0.333. The Morgan fingerprint density at radius 1 is 1.20 bits per heavy atom. The Bertz CT molecular complexity index is 417. The van der Waals surface area contributed by atoms with Gasteiger partial charge in [0, 0.05) is 30.7 Å². The lowest BCUT2D eigenvalue weighted by Crippen LogP contribution is -2.03. The van der Waals surface area contributed by atoms with Crippen LogP contribution in [0.2, 0.25) is 0 Å². The zero-order valence-corrected chi connectivity index (χ0v) is 9.09. The van der Waals surface area contributed by atoms with Gasteiger partial charge in [0.2, 0.25) is 0 Å². The minimum absolute atomic E-state index is 0.621. The second kappa shape index (κ2) is 4.26. The zero-order valence-electron chi connectivity index (χ0n) is 9.09. The molecule has 0 bridgehead atoms. The molecule has 0 radical (unpaired) electrons. The van der Waals surface area contributed by atoms with E-state index in [-0.39, 0.29) is 0 Å². The molecular weight excluding hydrogens is 186 g/mol. The largest absolute Gasteiger partial charge is 0.272 e. The number of pyridine rings is 1. The highest BCUT2D eigenvalue weighted by Gasteiger charge is 2.02. The van der Waals surface area contributed by atoms with E-state index < -0.39 is 0 Å². The third-order valence-electron chi connectivity index (χ3n) is 2.20. The molecular formula is C12H15N3. The first-order valence-corrected chi connectivity index (χ1v) is 5.18. The van der Waals surface area contributed by atoms with Gasteiger partial charge in [0.1, 0.15) is 0 Å². The van der Waals surface area contributed by atoms with Crippen molar-refractivity contribution in [2.45, 2.75) is 20.4 Å². The van der Waals surface area contributed by atoms with Crippen molar-refractivity contribution in [1.29, 1.82) is 0 Å². The lowest BCUT2D eigenvalue weighted by molar-refractivity contribution is 0.483. The van der Waals surface area contributed by atoms with Gasteiger partial charge < -0.3 is 0 Å². The Morgan fingerprint density at radius 2 is 1.93 bits per heavy atom. The SMILES string of the molecule is CC(C)Cn1cc(-c2ccncc2)cn1. The Balaban J connectivity index is 2.21. The fourth-order valence-corrected chi connectivity index (χ4v) is 1.53. The van der Waals surface area contributed by atoms with E-state index in [4.69, 9.17) is 0 Å². The molecule has 2 aromatic rings. The van der Waals surface area contributed by atoms with Crippen molar-refractivity contribution in [3.8, 4) is 11.1 Å². The van der Waals surface area contributed by atoms with Crippen LogP contribution in [0.4, 0.5) is 0 Å². The summed E-state index contributed by atoms with van der Waals surface area (Å²) in [4.78, 5) is 4.00. The smallest absolute Gasteiger partial charge is 0.0568 e. The van der Waals surface area contributed by atoms with Crippen LogP contribution < -0.4 is 0 Å². The lowest BCUT2D eigenvalue weighted by atomic mass is 10.1. The predicted molar refractivity (Wildman–Crippen MR) is 60.3 cm³/mol. The predicted octanol–water partition coefficient (Wildman–Crippen LogP) is 2.60. The first-order chi connectivity index (χ1) is 7.25. The maximum Gasteiger partial charge on any atom is 0.0568 e. The van der Waals surface area contributed by atoms with Gasteiger partial charge in [-0.1, -0.05) is 13.8 Å². The molecule has 2 heterocycles. The van der Waals surface area contributed by atoms with Gasteiger partial charge in [-0.3, -0.25) is 9.67 Å². The van der Waals surface area contributed by atoms with Crippen LogP contribution in [0.1, 0.15) is 13.8 Å². The monoisotopic (exact) mass is 201 g/mol. The average Bonchev–Trinajstić information content (AvgIpc) is 2.67. The van der Waals surface area contributed by atoms with Crippen LogP contribution in [0, 0.1) is 5.92 Å². The van der Waals surface area contributed by atoms with Crippen molar-refractivity contribution < 1.29 is 0 Å². The fourth-order valence-electron chi connectivity index (χ4n) is 1.53. The molecule has 0 saturated heterocycles. The molecule has 0 atom stereocenters. The average molecular weight is 201 g/mol. The standard InChI is InChI=1S/C12H15N3/c1-10(2)8-15-9-12(7-14-15)11-3-5-13-6-4-11/h3-7,9-10H,8H2,1-2H3. The quantitative estimate of drug-likeness (QED) is 0.764.